The molecular formula is C32H47N2O2P. The van der Waals surface area contributed by atoms with E-state index in [0.717, 1.165) is 25.7 Å². The summed E-state index contributed by atoms with van der Waals surface area (Å²) in [7, 11) is -0.596. The van der Waals surface area contributed by atoms with Gasteiger partial charge in [0.2, 0.25) is 5.91 Å². The van der Waals surface area contributed by atoms with Gasteiger partial charge in [0.15, 0.2) is 0 Å². The van der Waals surface area contributed by atoms with Crippen LogP contribution in [0.15, 0.2) is 71.8 Å². The molecule has 1 amide bonds. The highest BCUT2D eigenvalue weighted by Crippen LogP contribution is 2.54. The molecule has 0 fully saturated rings. The van der Waals surface area contributed by atoms with E-state index in [9.17, 15) is 9.90 Å². The normalized spacial score (nSPS) is 19.8. The van der Waals surface area contributed by atoms with Gasteiger partial charge in [-0.05, 0) is 56.0 Å². The van der Waals surface area contributed by atoms with Gasteiger partial charge in [-0.15, -0.1) is 0 Å². The first-order chi connectivity index (χ1) is 17.7. The first-order valence-corrected chi connectivity index (χ1v) is 15.4. The van der Waals surface area contributed by atoms with Crippen LogP contribution >= 0.6 is 7.92 Å². The van der Waals surface area contributed by atoms with Crippen molar-refractivity contribution < 1.29 is 9.90 Å². The van der Waals surface area contributed by atoms with E-state index in [4.69, 9.17) is 0 Å². The molecule has 5 heteroatoms. The van der Waals surface area contributed by atoms with Gasteiger partial charge in [0, 0.05) is 11.7 Å². The molecule has 0 bridgehead atoms. The third-order valence-electron chi connectivity index (χ3n) is 7.77. The van der Waals surface area contributed by atoms with Crippen LogP contribution in [0.2, 0.25) is 0 Å². The number of carbonyl (C=O) groups is 1. The van der Waals surface area contributed by atoms with Crippen LogP contribution < -0.4 is 21.2 Å². The minimum Gasteiger partial charge on any atom is -0.394 e. The zero-order chi connectivity index (χ0) is 27.0. The highest BCUT2D eigenvalue weighted by Gasteiger charge is 2.42. The van der Waals surface area contributed by atoms with E-state index in [1.54, 1.807) is 11.1 Å². The molecule has 202 valence electrons. The average Bonchev–Trinajstić information content (AvgIpc) is 3.24. The molecule has 0 radical (unpaired) electrons. The number of nitrogens with one attached hydrogen (secondary N) is 2. The Labute approximate surface area is 226 Å². The summed E-state index contributed by atoms with van der Waals surface area (Å²) in [6.07, 6.45) is 4.48. The molecule has 1 aliphatic carbocycles. The number of rotatable bonds is 12. The third-order valence-corrected chi connectivity index (χ3v) is 10.7. The zero-order valence-electron chi connectivity index (χ0n) is 23.6. The van der Waals surface area contributed by atoms with E-state index in [-0.39, 0.29) is 36.6 Å². The van der Waals surface area contributed by atoms with E-state index in [1.165, 1.54) is 10.6 Å². The average molecular weight is 523 g/mol. The van der Waals surface area contributed by atoms with Gasteiger partial charge in [-0.1, -0.05) is 113 Å². The molecular weight excluding hydrogens is 475 g/mol. The topological polar surface area (TPSA) is 61.4 Å². The molecule has 37 heavy (non-hydrogen) atoms. The predicted octanol–water partition coefficient (Wildman–Crippen LogP) is 5.52. The molecule has 0 aliphatic heterocycles. The van der Waals surface area contributed by atoms with Crippen molar-refractivity contribution in [1.82, 2.24) is 10.6 Å². The number of benzene rings is 2. The standard InChI is InChI=1S/C32H47N2O2P/c1-7-15-24-20-28(23(3)33-21-30(36)34-29(22-35)32(4,5)6)31(27(24)8-2)37(25-16-11-9-12-17-25)26-18-13-10-14-19-26/h9-14,16-19,23,28-29,31,33,35H,7-8,15,20-22H2,1-6H3,(H,34,36)/t23-,28?,29+,31+/m1/s1. The van der Waals surface area contributed by atoms with Crippen molar-refractivity contribution in [3.8, 4) is 0 Å². The van der Waals surface area contributed by atoms with Gasteiger partial charge in [0.05, 0.1) is 19.2 Å². The number of allylic oxidation sites excluding steroid dienone is 2. The van der Waals surface area contributed by atoms with Crippen LogP contribution in [0, 0.1) is 11.3 Å². The molecule has 2 aromatic rings. The van der Waals surface area contributed by atoms with Crippen LogP contribution in [0.25, 0.3) is 0 Å². The molecule has 0 aromatic heterocycles. The summed E-state index contributed by atoms with van der Waals surface area (Å²) in [4.78, 5) is 12.8. The second-order valence-electron chi connectivity index (χ2n) is 11.4. The van der Waals surface area contributed by atoms with Gasteiger partial charge < -0.3 is 15.7 Å². The third kappa shape index (κ3) is 7.53. The van der Waals surface area contributed by atoms with Gasteiger partial charge >= 0.3 is 0 Å². The molecule has 4 nitrogen and oxygen atoms in total. The Morgan fingerprint density at radius 2 is 1.59 bits per heavy atom. The maximum absolute atomic E-state index is 12.8. The summed E-state index contributed by atoms with van der Waals surface area (Å²) in [5, 5.41) is 19.2. The summed E-state index contributed by atoms with van der Waals surface area (Å²) < 4.78 is 0. The van der Waals surface area contributed by atoms with Gasteiger partial charge in [-0.2, -0.15) is 0 Å². The van der Waals surface area contributed by atoms with E-state index in [1.807, 2.05) is 20.8 Å². The molecule has 0 heterocycles. The van der Waals surface area contributed by atoms with Crippen LogP contribution in [0.5, 0.6) is 0 Å². The van der Waals surface area contributed by atoms with E-state index < -0.39 is 7.92 Å². The Balaban J connectivity index is 1.90. The lowest BCUT2D eigenvalue weighted by atomic mass is 9.87. The second-order valence-corrected chi connectivity index (χ2v) is 13.8. The lowest BCUT2D eigenvalue weighted by molar-refractivity contribution is -0.122. The Bertz CT molecular complexity index is 977. The quantitative estimate of drug-likeness (QED) is 0.254. The van der Waals surface area contributed by atoms with Crippen LogP contribution in [0.1, 0.15) is 67.2 Å². The predicted molar refractivity (Wildman–Crippen MR) is 159 cm³/mol. The molecule has 0 saturated carbocycles. The highest BCUT2D eigenvalue weighted by atomic mass is 31.1. The smallest absolute Gasteiger partial charge is 0.234 e. The van der Waals surface area contributed by atoms with Crippen molar-refractivity contribution in [2.75, 3.05) is 13.2 Å². The van der Waals surface area contributed by atoms with Crippen LogP contribution in [-0.4, -0.2) is 41.9 Å². The summed E-state index contributed by atoms with van der Waals surface area (Å²) in [5.74, 6) is 0.369. The fourth-order valence-corrected chi connectivity index (χ4v) is 9.00. The molecule has 4 atom stereocenters. The van der Waals surface area contributed by atoms with Crippen LogP contribution in [0.3, 0.4) is 0 Å². The number of carbonyl (C=O) groups excluding carboxylic acids is 1. The number of aliphatic hydroxyl groups is 1. The minimum atomic E-state index is -0.596. The lowest BCUT2D eigenvalue weighted by Crippen LogP contribution is -2.50. The monoisotopic (exact) mass is 522 g/mol. The van der Waals surface area contributed by atoms with Gasteiger partial charge in [0.1, 0.15) is 0 Å². The maximum atomic E-state index is 12.8. The molecule has 1 unspecified atom stereocenters. The lowest BCUT2D eigenvalue weighted by Gasteiger charge is -2.36. The first kappa shape index (κ1) is 29.6. The molecule has 3 N–H and O–H groups in total. The highest BCUT2D eigenvalue weighted by molar-refractivity contribution is 7.73. The fourth-order valence-electron chi connectivity index (χ4n) is 5.65. The largest absolute Gasteiger partial charge is 0.394 e. The summed E-state index contributed by atoms with van der Waals surface area (Å²) >= 11 is 0. The summed E-state index contributed by atoms with van der Waals surface area (Å²) in [6, 6.07) is 22.0. The number of hydrogen-bond acceptors (Lipinski definition) is 3. The SMILES string of the molecule is CCCC1=C(CC)[C@H](P(c2ccccc2)c2ccccc2)C([C@@H](C)NCC(=O)N[C@@H](CO)C(C)(C)C)C1. The molecule has 0 saturated heterocycles. The Hall–Kier alpha value is -2.00. The van der Waals surface area contributed by atoms with Crippen LogP contribution in [-0.2, 0) is 4.79 Å². The Kier molecular flexibility index (Phi) is 10.9. The number of aliphatic hydroxyl groups excluding tert-OH is 1. The number of hydrogen-bond donors (Lipinski definition) is 3. The van der Waals surface area contributed by atoms with Gasteiger partial charge in [-0.25, -0.2) is 0 Å². The van der Waals surface area contributed by atoms with Gasteiger partial charge in [0.25, 0.3) is 0 Å². The Morgan fingerprint density at radius 1 is 1.03 bits per heavy atom. The summed E-state index contributed by atoms with van der Waals surface area (Å²) in [6.45, 7) is 13.2. The van der Waals surface area contributed by atoms with Crippen LogP contribution in [0.4, 0.5) is 0 Å². The number of amides is 1. The second kappa shape index (κ2) is 13.7. The van der Waals surface area contributed by atoms with Crippen molar-refractivity contribution in [3.63, 3.8) is 0 Å². The molecule has 0 spiro atoms. The van der Waals surface area contributed by atoms with E-state index in [2.05, 4.69) is 92.1 Å². The zero-order valence-corrected chi connectivity index (χ0v) is 24.5. The first-order valence-electron chi connectivity index (χ1n) is 13.9. The molecule has 1 aliphatic rings. The fraction of sp³-hybridized carbons (Fsp3) is 0.531. The van der Waals surface area contributed by atoms with E-state index >= 15 is 0 Å². The van der Waals surface area contributed by atoms with Crippen molar-refractivity contribution in [3.05, 3.63) is 71.8 Å². The van der Waals surface area contributed by atoms with Crippen molar-refractivity contribution in [1.29, 1.82) is 0 Å². The minimum absolute atomic E-state index is 0.0544. The van der Waals surface area contributed by atoms with Crippen molar-refractivity contribution >= 4 is 24.4 Å². The van der Waals surface area contributed by atoms with Gasteiger partial charge in [-0.3, -0.25) is 4.79 Å². The van der Waals surface area contributed by atoms with E-state index in [0.29, 0.717) is 11.6 Å². The Morgan fingerprint density at radius 3 is 2.05 bits per heavy atom. The summed E-state index contributed by atoms with van der Waals surface area (Å²) in [5.41, 5.74) is 3.52. The molecule has 3 rings (SSSR count). The van der Waals surface area contributed by atoms with Crippen molar-refractivity contribution in [2.45, 2.75) is 85.0 Å². The molecule has 2 aromatic carbocycles. The maximum Gasteiger partial charge on any atom is 0.234 e. The van der Waals surface area contributed by atoms with Crippen molar-refractivity contribution in [2.24, 2.45) is 11.3 Å².